The smallest absolute Gasteiger partial charge is 0.164 e. The average molecular weight is 545 g/mol. The van der Waals surface area contributed by atoms with Crippen LogP contribution in [0.25, 0.3) is 45.3 Å². The lowest BCUT2D eigenvalue weighted by molar-refractivity contribution is -0.00518. The van der Waals surface area contributed by atoms with Crippen molar-refractivity contribution in [1.82, 2.24) is 15.0 Å². The van der Waals surface area contributed by atoms with Crippen LogP contribution in [0.15, 0.2) is 103 Å². The molecule has 4 nitrogen and oxygen atoms in total. The molecule has 0 unspecified atom stereocenters. The van der Waals surface area contributed by atoms with E-state index in [2.05, 4.69) is 54.6 Å². The lowest BCUT2D eigenvalue weighted by Crippen LogP contribution is -2.48. The van der Waals surface area contributed by atoms with Crippen LogP contribution in [0.3, 0.4) is 0 Å². The molecule has 9 rings (SSSR count). The number of rotatable bonds is 5. The summed E-state index contributed by atoms with van der Waals surface area (Å²) in [5, 5.41) is 9.12. The fourth-order valence-corrected chi connectivity index (χ4v) is 8.34. The van der Waals surface area contributed by atoms with Crippen LogP contribution in [0.1, 0.15) is 49.7 Å². The van der Waals surface area contributed by atoms with E-state index in [-0.39, 0.29) is 0 Å². The Kier molecular flexibility index (Phi) is 6.00. The lowest BCUT2D eigenvalue weighted by atomic mass is 9.48. The fourth-order valence-electron chi connectivity index (χ4n) is 8.34. The summed E-state index contributed by atoms with van der Waals surface area (Å²) in [7, 11) is 0. The number of benzene rings is 4. The monoisotopic (exact) mass is 544 g/mol. The highest BCUT2D eigenvalue weighted by Crippen LogP contribution is 2.60. The van der Waals surface area contributed by atoms with Crippen molar-refractivity contribution in [2.45, 2.75) is 43.9 Å². The van der Waals surface area contributed by atoms with Gasteiger partial charge in [-0.2, -0.15) is 5.26 Å². The first-order valence-electron chi connectivity index (χ1n) is 15.2. The van der Waals surface area contributed by atoms with E-state index in [4.69, 9.17) is 20.2 Å². The second kappa shape index (κ2) is 10.0. The maximum atomic E-state index is 9.12. The van der Waals surface area contributed by atoms with E-state index in [0.717, 1.165) is 45.6 Å². The molecular weight excluding hydrogens is 512 g/mol. The second-order valence-corrected chi connectivity index (χ2v) is 12.7. The predicted molar refractivity (Wildman–Crippen MR) is 166 cm³/mol. The third kappa shape index (κ3) is 4.50. The maximum absolute atomic E-state index is 9.12. The van der Waals surface area contributed by atoms with Crippen LogP contribution in [0.4, 0.5) is 0 Å². The Morgan fingerprint density at radius 1 is 0.500 bits per heavy atom. The number of aromatic nitrogens is 3. The molecule has 1 heterocycles. The van der Waals surface area contributed by atoms with Gasteiger partial charge in [-0.3, -0.25) is 0 Å². The molecule has 4 heteroatoms. The molecule has 0 aliphatic heterocycles. The minimum Gasteiger partial charge on any atom is -0.208 e. The molecule has 0 N–H and O–H groups in total. The average Bonchev–Trinajstić information content (AvgIpc) is 3.04. The Morgan fingerprint density at radius 2 is 0.905 bits per heavy atom. The van der Waals surface area contributed by atoms with E-state index in [1.807, 2.05) is 54.6 Å². The molecule has 4 fully saturated rings. The van der Waals surface area contributed by atoms with Gasteiger partial charge in [-0.05, 0) is 90.5 Å². The molecule has 1 aromatic heterocycles. The molecular formula is C38H32N4. The van der Waals surface area contributed by atoms with Crippen molar-refractivity contribution in [2.24, 2.45) is 17.8 Å². The van der Waals surface area contributed by atoms with E-state index in [1.54, 1.807) is 0 Å². The molecule has 0 amide bonds. The minimum atomic E-state index is 0.378. The van der Waals surface area contributed by atoms with Crippen molar-refractivity contribution in [1.29, 1.82) is 5.26 Å². The number of hydrogen-bond acceptors (Lipinski definition) is 4. The van der Waals surface area contributed by atoms with Crippen LogP contribution >= 0.6 is 0 Å². The molecule has 42 heavy (non-hydrogen) atoms. The van der Waals surface area contributed by atoms with E-state index in [0.29, 0.717) is 28.5 Å². The zero-order valence-corrected chi connectivity index (χ0v) is 23.6. The molecule has 4 bridgehead atoms. The van der Waals surface area contributed by atoms with Crippen LogP contribution in [0.5, 0.6) is 0 Å². The van der Waals surface area contributed by atoms with Gasteiger partial charge in [0.2, 0.25) is 0 Å². The van der Waals surface area contributed by atoms with E-state index < -0.39 is 0 Å². The topological polar surface area (TPSA) is 62.5 Å². The second-order valence-electron chi connectivity index (χ2n) is 12.7. The zero-order chi connectivity index (χ0) is 28.1. The highest BCUT2D eigenvalue weighted by Gasteiger charge is 2.51. The summed E-state index contributed by atoms with van der Waals surface area (Å²) in [5.41, 5.74) is 7.65. The van der Waals surface area contributed by atoms with Crippen LogP contribution < -0.4 is 0 Å². The van der Waals surface area contributed by atoms with E-state index in [1.165, 1.54) is 44.1 Å². The molecule has 5 aromatic rings. The number of nitriles is 1. The Morgan fingerprint density at radius 3 is 1.38 bits per heavy atom. The largest absolute Gasteiger partial charge is 0.208 e. The minimum absolute atomic E-state index is 0.378. The van der Waals surface area contributed by atoms with Gasteiger partial charge in [0.1, 0.15) is 0 Å². The van der Waals surface area contributed by atoms with Crippen molar-refractivity contribution in [3.63, 3.8) is 0 Å². The lowest BCUT2D eigenvalue weighted by Gasteiger charge is -2.57. The van der Waals surface area contributed by atoms with Gasteiger partial charge in [0.25, 0.3) is 0 Å². The summed E-state index contributed by atoms with van der Waals surface area (Å²) in [6.07, 6.45) is 8.48. The summed E-state index contributed by atoms with van der Waals surface area (Å²) >= 11 is 0. The normalized spacial score (nSPS) is 23.9. The molecule has 4 aliphatic rings. The summed E-state index contributed by atoms with van der Waals surface area (Å²) in [6.45, 7) is 0. The first-order valence-corrected chi connectivity index (χ1v) is 15.2. The SMILES string of the molecule is N#Cc1ccc(-c2ccc(-c3nc(-c4ccccc4)nc(-c4ccc(C56C[C@H]7C[C@@H](C5)C[C@@H](C6)C7)cc4)n3)cc2)cc1. The van der Waals surface area contributed by atoms with Gasteiger partial charge in [0.05, 0.1) is 11.6 Å². The number of hydrogen-bond donors (Lipinski definition) is 0. The van der Waals surface area contributed by atoms with Crippen molar-refractivity contribution in [3.05, 3.63) is 114 Å². The van der Waals surface area contributed by atoms with Crippen LogP contribution in [-0.2, 0) is 5.41 Å². The van der Waals surface area contributed by atoms with Crippen molar-refractivity contribution in [3.8, 4) is 51.4 Å². The Bertz CT molecular complexity index is 1750. The van der Waals surface area contributed by atoms with Gasteiger partial charge in [0.15, 0.2) is 17.5 Å². The summed E-state index contributed by atoms with van der Waals surface area (Å²) in [6, 6.07) is 37.5. The fraction of sp³-hybridized carbons (Fsp3) is 0.263. The van der Waals surface area contributed by atoms with E-state index >= 15 is 0 Å². The zero-order valence-electron chi connectivity index (χ0n) is 23.6. The first-order chi connectivity index (χ1) is 20.6. The van der Waals surface area contributed by atoms with Gasteiger partial charge in [-0.1, -0.05) is 91.0 Å². The molecule has 4 aliphatic carbocycles. The van der Waals surface area contributed by atoms with Crippen LogP contribution in [0.2, 0.25) is 0 Å². The Labute approximate surface area is 247 Å². The van der Waals surface area contributed by atoms with Gasteiger partial charge in [-0.25, -0.2) is 15.0 Å². The van der Waals surface area contributed by atoms with Crippen LogP contribution in [-0.4, -0.2) is 15.0 Å². The van der Waals surface area contributed by atoms with Gasteiger partial charge >= 0.3 is 0 Å². The highest BCUT2D eigenvalue weighted by atomic mass is 15.0. The molecule has 0 spiro atoms. The Balaban J connectivity index is 1.14. The third-order valence-electron chi connectivity index (χ3n) is 9.95. The third-order valence-corrected chi connectivity index (χ3v) is 9.95. The molecule has 4 saturated carbocycles. The summed E-state index contributed by atoms with van der Waals surface area (Å²) in [4.78, 5) is 14.9. The molecule has 4 aromatic carbocycles. The van der Waals surface area contributed by atoms with Crippen molar-refractivity contribution in [2.75, 3.05) is 0 Å². The van der Waals surface area contributed by atoms with E-state index in [9.17, 15) is 0 Å². The number of nitrogens with zero attached hydrogens (tertiary/aromatic N) is 4. The molecule has 0 radical (unpaired) electrons. The quantitative estimate of drug-likeness (QED) is 0.222. The maximum Gasteiger partial charge on any atom is 0.164 e. The first kappa shape index (κ1) is 25.1. The highest BCUT2D eigenvalue weighted by molar-refractivity contribution is 5.70. The van der Waals surface area contributed by atoms with Crippen LogP contribution in [0, 0.1) is 29.1 Å². The molecule has 0 saturated heterocycles. The van der Waals surface area contributed by atoms with Gasteiger partial charge in [0, 0.05) is 16.7 Å². The standard InChI is InChI=1S/C38H32N4/c39-24-25-6-8-29(9-7-25)30-10-12-32(13-11-30)36-40-35(31-4-2-1-3-5-31)41-37(42-36)33-14-16-34(17-15-33)38-21-26-18-27(22-38)20-28(19-26)23-38/h1-17,26-28H,18-23H2/t26-,27+,28-,38?. The van der Waals surface area contributed by atoms with Gasteiger partial charge in [-0.15, -0.1) is 0 Å². The predicted octanol–water partition coefficient (Wildman–Crippen LogP) is 8.88. The molecule has 0 atom stereocenters. The Hall–Kier alpha value is -4.62. The molecule has 204 valence electrons. The summed E-state index contributed by atoms with van der Waals surface area (Å²) < 4.78 is 0. The van der Waals surface area contributed by atoms with Crippen molar-refractivity contribution >= 4 is 0 Å². The van der Waals surface area contributed by atoms with Crippen molar-refractivity contribution < 1.29 is 0 Å². The summed E-state index contributed by atoms with van der Waals surface area (Å²) in [5.74, 6) is 4.83. The van der Waals surface area contributed by atoms with Gasteiger partial charge < -0.3 is 0 Å².